The van der Waals surface area contributed by atoms with E-state index in [9.17, 15) is 9.50 Å². The zero-order chi connectivity index (χ0) is 17.7. The highest BCUT2D eigenvalue weighted by Gasteiger charge is 2.33. The van der Waals surface area contributed by atoms with Gasteiger partial charge in [0.2, 0.25) is 0 Å². The van der Waals surface area contributed by atoms with Gasteiger partial charge in [-0.3, -0.25) is 4.90 Å². The van der Waals surface area contributed by atoms with Crippen molar-refractivity contribution < 1.29 is 14.2 Å². The predicted octanol–water partition coefficient (Wildman–Crippen LogP) is 3.64. The maximum Gasteiger partial charge on any atom is 0.162 e. The Morgan fingerprint density at radius 3 is 2.46 bits per heavy atom. The molecule has 138 valence electrons. The van der Waals surface area contributed by atoms with Crippen LogP contribution in [0.3, 0.4) is 0 Å². The first kappa shape index (κ1) is 19.3. The van der Waals surface area contributed by atoms with Crippen molar-refractivity contribution in [3.63, 3.8) is 0 Å². The maximum atomic E-state index is 13.9. The van der Waals surface area contributed by atoms with Crippen molar-refractivity contribution in [3.8, 4) is 0 Å². The van der Waals surface area contributed by atoms with Crippen molar-refractivity contribution >= 4 is 0 Å². The molecule has 2 atom stereocenters. The molecule has 5 heteroatoms. The number of halogens is 1. The molecule has 0 amide bonds. The average Bonchev–Trinajstić information content (AvgIpc) is 2.60. The molecule has 0 bridgehead atoms. The third-order valence-electron chi connectivity index (χ3n) is 5.57. The SMILES string of the molecule is CO/C(C)=C(F)/C=C(\C)N1CCN(C(O)C2CCCCC2)C(C)C1. The second-order valence-electron chi connectivity index (χ2n) is 7.24. The van der Waals surface area contributed by atoms with Gasteiger partial charge in [0, 0.05) is 31.4 Å². The van der Waals surface area contributed by atoms with E-state index < -0.39 is 0 Å². The molecule has 2 unspecified atom stereocenters. The Morgan fingerprint density at radius 2 is 1.88 bits per heavy atom. The molecule has 0 aromatic carbocycles. The van der Waals surface area contributed by atoms with E-state index in [-0.39, 0.29) is 18.1 Å². The van der Waals surface area contributed by atoms with Crippen molar-refractivity contribution in [2.75, 3.05) is 26.7 Å². The van der Waals surface area contributed by atoms with E-state index in [1.165, 1.54) is 26.4 Å². The first-order valence-corrected chi connectivity index (χ1v) is 9.21. The summed E-state index contributed by atoms with van der Waals surface area (Å²) < 4.78 is 18.9. The van der Waals surface area contributed by atoms with Crippen molar-refractivity contribution in [3.05, 3.63) is 23.4 Å². The Labute approximate surface area is 146 Å². The zero-order valence-corrected chi connectivity index (χ0v) is 15.6. The summed E-state index contributed by atoms with van der Waals surface area (Å²) in [5.74, 6) is 0.384. The summed E-state index contributed by atoms with van der Waals surface area (Å²) in [4.78, 5) is 4.42. The van der Waals surface area contributed by atoms with E-state index in [0.29, 0.717) is 11.7 Å². The molecular formula is C19H33FN2O2. The number of hydrogen-bond donors (Lipinski definition) is 1. The monoisotopic (exact) mass is 340 g/mol. The summed E-state index contributed by atoms with van der Waals surface area (Å²) >= 11 is 0. The molecule has 1 saturated carbocycles. The molecule has 2 rings (SSSR count). The van der Waals surface area contributed by atoms with Crippen LogP contribution in [-0.2, 0) is 4.74 Å². The van der Waals surface area contributed by atoms with Crippen molar-refractivity contribution in [2.45, 2.75) is 65.1 Å². The van der Waals surface area contributed by atoms with Gasteiger partial charge >= 0.3 is 0 Å². The predicted molar refractivity (Wildman–Crippen MR) is 94.9 cm³/mol. The molecule has 1 heterocycles. The van der Waals surface area contributed by atoms with Crippen LogP contribution in [0.1, 0.15) is 52.9 Å². The lowest BCUT2D eigenvalue weighted by Crippen LogP contribution is -2.56. The molecule has 2 aliphatic rings. The van der Waals surface area contributed by atoms with Gasteiger partial charge in [0.25, 0.3) is 0 Å². The number of piperazine rings is 1. The Kier molecular flexibility index (Phi) is 7.11. The fourth-order valence-corrected chi connectivity index (χ4v) is 3.86. The van der Waals surface area contributed by atoms with E-state index >= 15 is 0 Å². The maximum absolute atomic E-state index is 13.9. The number of nitrogens with zero attached hydrogens (tertiary/aromatic N) is 2. The summed E-state index contributed by atoms with van der Waals surface area (Å²) in [6, 6.07) is 0.259. The molecule has 0 radical (unpaired) electrons. The van der Waals surface area contributed by atoms with Gasteiger partial charge in [0.1, 0.15) is 12.0 Å². The number of aliphatic hydroxyl groups excluding tert-OH is 1. The molecule has 1 N–H and O–H groups in total. The molecule has 1 aliphatic heterocycles. The minimum absolute atomic E-state index is 0.259. The number of aliphatic hydroxyl groups is 1. The van der Waals surface area contributed by atoms with Gasteiger partial charge in [-0.05, 0) is 45.6 Å². The van der Waals surface area contributed by atoms with Crippen molar-refractivity contribution in [1.82, 2.24) is 9.80 Å². The summed E-state index contributed by atoms with van der Waals surface area (Å²) in [6.07, 6.45) is 7.26. The van der Waals surface area contributed by atoms with Crippen LogP contribution in [0.25, 0.3) is 0 Å². The average molecular weight is 340 g/mol. The molecular weight excluding hydrogens is 307 g/mol. The van der Waals surface area contributed by atoms with Crippen LogP contribution in [0.15, 0.2) is 23.4 Å². The minimum Gasteiger partial charge on any atom is -0.498 e. The van der Waals surface area contributed by atoms with Crippen LogP contribution in [0.2, 0.25) is 0 Å². The van der Waals surface area contributed by atoms with E-state index in [0.717, 1.165) is 38.2 Å². The fourth-order valence-electron chi connectivity index (χ4n) is 3.86. The topological polar surface area (TPSA) is 35.9 Å². The molecule has 0 aromatic heterocycles. The summed E-state index contributed by atoms with van der Waals surface area (Å²) in [6.45, 7) is 8.15. The standard InChI is InChI=1S/C19H33FN2O2/c1-14(12-18(20)16(3)24-4)21-10-11-22(15(2)13-21)19(23)17-8-6-5-7-9-17/h12,15,17,19,23H,5-11,13H2,1-4H3/b14-12+,18-16-. The summed E-state index contributed by atoms with van der Waals surface area (Å²) in [7, 11) is 1.48. The Morgan fingerprint density at radius 1 is 1.21 bits per heavy atom. The van der Waals surface area contributed by atoms with Gasteiger partial charge in [-0.15, -0.1) is 0 Å². The van der Waals surface area contributed by atoms with Crippen LogP contribution < -0.4 is 0 Å². The van der Waals surface area contributed by atoms with Crippen LogP contribution >= 0.6 is 0 Å². The van der Waals surface area contributed by atoms with Crippen molar-refractivity contribution in [2.24, 2.45) is 5.92 Å². The quantitative estimate of drug-likeness (QED) is 0.612. The molecule has 1 saturated heterocycles. The molecule has 0 spiro atoms. The molecule has 1 aliphatic carbocycles. The van der Waals surface area contributed by atoms with Gasteiger partial charge in [0.15, 0.2) is 5.83 Å². The van der Waals surface area contributed by atoms with E-state index in [2.05, 4.69) is 16.7 Å². The molecule has 4 nitrogen and oxygen atoms in total. The second-order valence-corrected chi connectivity index (χ2v) is 7.24. The third kappa shape index (κ3) is 4.73. The first-order valence-electron chi connectivity index (χ1n) is 9.21. The number of allylic oxidation sites excluding steroid dienone is 4. The lowest BCUT2D eigenvalue weighted by molar-refractivity contribution is -0.0889. The first-order chi connectivity index (χ1) is 11.4. The van der Waals surface area contributed by atoms with Crippen LogP contribution in [0, 0.1) is 5.92 Å². The number of hydrogen-bond acceptors (Lipinski definition) is 4. The van der Waals surface area contributed by atoms with Gasteiger partial charge in [-0.2, -0.15) is 0 Å². The van der Waals surface area contributed by atoms with Gasteiger partial charge in [-0.1, -0.05) is 19.3 Å². The number of rotatable bonds is 5. The van der Waals surface area contributed by atoms with Crippen LogP contribution in [0.5, 0.6) is 0 Å². The van der Waals surface area contributed by atoms with E-state index in [4.69, 9.17) is 4.74 Å². The smallest absolute Gasteiger partial charge is 0.162 e. The summed E-state index contributed by atoms with van der Waals surface area (Å²) in [5.41, 5.74) is 0.905. The minimum atomic E-state index is -0.334. The normalized spacial score (nSPS) is 27.0. The Bertz CT molecular complexity index is 472. The lowest BCUT2D eigenvalue weighted by Gasteiger charge is -2.45. The molecule has 2 fully saturated rings. The highest BCUT2D eigenvalue weighted by molar-refractivity contribution is 5.19. The van der Waals surface area contributed by atoms with Gasteiger partial charge < -0.3 is 14.7 Å². The van der Waals surface area contributed by atoms with Crippen LogP contribution in [-0.4, -0.2) is 53.9 Å². The van der Waals surface area contributed by atoms with Crippen LogP contribution in [0.4, 0.5) is 4.39 Å². The lowest BCUT2D eigenvalue weighted by atomic mass is 9.87. The summed E-state index contributed by atoms with van der Waals surface area (Å²) in [5, 5.41) is 10.8. The van der Waals surface area contributed by atoms with E-state index in [1.807, 2.05) is 6.92 Å². The highest BCUT2D eigenvalue weighted by atomic mass is 19.1. The highest BCUT2D eigenvalue weighted by Crippen LogP contribution is 2.30. The fraction of sp³-hybridized carbons (Fsp3) is 0.789. The number of ether oxygens (including phenoxy) is 1. The van der Waals surface area contributed by atoms with Gasteiger partial charge in [-0.25, -0.2) is 4.39 Å². The largest absolute Gasteiger partial charge is 0.498 e. The molecule has 24 heavy (non-hydrogen) atoms. The van der Waals surface area contributed by atoms with E-state index in [1.54, 1.807) is 13.0 Å². The van der Waals surface area contributed by atoms with Gasteiger partial charge in [0.05, 0.1) is 7.11 Å². The second kappa shape index (κ2) is 8.86. The number of methoxy groups -OCH3 is 1. The Balaban J connectivity index is 1.95. The van der Waals surface area contributed by atoms with Crippen molar-refractivity contribution in [1.29, 1.82) is 0 Å². The third-order valence-corrected chi connectivity index (χ3v) is 5.57. The zero-order valence-electron chi connectivity index (χ0n) is 15.6. The Hall–Kier alpha value is -1.07. The molecule has 0 aromatic rings.